The Balaban J connectivity index is 2.38. The van der Waals surface area contributed by atoms with E-state index in [2.05, 4.69) is 6.92 Å². The van der Waals surface area contributed by atoms with E-state index in [0.29, 0.717) is 12.4 Å². The number of ether oxygens (including phenoxy) is 2. The third-order valence-corrected chi connectivity index (χ3v) is 3.65. The SMILES string of the molecule is CCCCCCCCCCOc1ccc([N+](=O)[O-])cc1OC(C)=O. The molecular formula is C18H27NO5. The van der Waals surface area contributed by atoms with E-state index < -0.39 is 10.9 Å². The lowest BCUT2D eigenvalue weighted by atomic mass is 10.1. The molecule has 0 fully saturated rings. The van der Waals surface area contributed by atoms with Crippen molar-refractivity contribution >= 4 is 11.7 Å². The largest absolute Gasteiger partial charge is 0.490 e. The Morgan fingerprint density at radius 2 is 1.67 bits per heavy atom. The molecular weight excluding hydrogens is 310 g/mol. The maximum absolute atomic E-state index is 11.1. The summed E-state index contributed by atoms with van der Waals surface area (Å²) in [6.45, 7) is 3.96. The van der Waals surface area contributed by atoms with E-state index in [-0.39, 0.29) is 11.4 Å². The van der Waals surface area contributed by atoms with Crippen LogP contribution in [0, 0.1) is 10.1 Å². The highest BCUT2D eigenvalue weighted by Gasteiger charge is 2.14. The minimum Gasteiger partial charge on any atom is -0.490 e. The molecule has 0 atom stereocenters. The summed E-state index contributed by atoms with van der Waals surface area (Å²) < 4.78 is 10.6. The topological polar surface area (TPSA) is 78.7 Å². The lowest BCUT2D eigenvalue weighted by Gasteiger charge is -2.10. The summed E-state index contributed by atoms with van der Waals surface area (Å²) in [6, 6.07) is 4.03. The molecule has 1 rings (SSSR count). The van der Waals surface area contributed by atoms with Crippen LogP contribution in [0.4, 0.5) is 5.69 Å². The zero-order chi connectivity index (χ0) is 17.8. The number of esters is 1. The summed E-state index contributed by atoms with van der Waals surface area (Å²) in [4.78, 5) is 21.4. The maximum Gasteiger partial charge on any atom is 0.308 e. The molecule has 0 spiro atoms. The zero-order valence-corrected chi connectivity index (χ0v) is 14.6. The number of nitro groups is 1. The van der Waals surface area contributed by atoms with Crippen LogP contribution in [0.15, 0.2) is 18.2 Å². The number of hydrogen-bond donors (Lipinski definition) is 0. The highest BCUT2D eigenvalue weighted by Crippen LogP contribution is 2.31. The van der Waals surface area contributed by atoms with Gasteiger partial charge in [-0.1, -0.05) is 51.9 Å². The Morgan fingerprint density at radius 1 is 1.04 bits per heavy atom. The molecule has 0 bridgehead atoms. The van der Waals surface area contributed by atoms with Gasteiger partial charge in [0.2, 0.25) is 0 Å². The predicted molar refractivity (Wildman–Crippen MR) is 92.5 cm³/mol. The zero-order valence-electron chi connectivity index (χ0n) is 14.6. The fourth-order valence-electron chi connectivity index (χ4n) is 2.38. The third-order valence-electron chi connectivity index (χ3n) is 3.65. The Hall–Kier alpha value is -2.11. The summed E-state index contributed by atoms with van der Waals surface area (Å²) in [6.07, 6.45) is 9.58. The van der Waals surface area contributed by atoms with Crippen molar-refractivity contribution in [3.05, 3.63) is 28.3 Å². The van der Waals surface area contributed by atoms with Crippen LogP contribution in [0.2, 0.25) is 0 Å². The number of benzene rings is 1. The molecule has 0 heterocycles. The van der Waals surface area contributed by atoms with Crippen LogP contribution in [-0.2, 0) is 4.79 Å². The van der Waals surface area contributed by atoms with Crippen molar-refractivity contribution < 1.29 is 19.2 Å². The molecule has 6 heteroatoms. The molecule has 0 aliphatic heterocycles. The van der Waals surface area contributed by atoms with E-state index in [9.17, 15) is 14.9 Å². The number of rotatable bonds is 12. The monoisotopic (exact) mass is 337 g/mol. The Labute approximate surface area is 143 Å². The molecule has 0 aliphatic carbocycles. The number of unbranched alkanes of at least 4 members (excludes halogenated alkanes) is 7. The van der Waals surface area contributed by atoms with Gasteiger partial charge in [0.1, 0.15) is 0 Å². The number of carbonyl (C=O) groups is 1. The van der Waals surface area contributed by atoms with Gasteiger partial charge in [-0.3, -0.25) is 14.9 Å². The van der Waals surface area contributed by atoms with Crippen LogP contribution >= 0.6 is 0 Å². The van der Waals surface area contributed by atoms with E-state index in [1.54, 1.807) is 0 Å². The fourth-order valence-corrected chi connectivity index (χ4v) is 2.38. The van der Waals surface area contributed by atoms with Crippen LogP contribution in [0.3, 0.4) is 0 Å². The first-order valence-corrected chi connectivity index (χ1v) is 8.64. The van der Waals surface area contributed by atoms with Gasteiger partial charge in [0.05, 0.1) is 17.6 Å². The predicted octanol–water partition coefficient (Wildman–Crippen LogP) is 5.04. The van der Waals surface area contributed by atoms with Crippen LogP contribution < -0.4 is 9.47 Å². The smallest absolute Gasteiger partial charge is 0.308 e. The molecule has 0 amide bonds. The first-order chi connectivity index (χ1) is 11.5. The average Bonchev–Trinajstić information content (AvgIpc) is 2.53. The van der Waals surface area contributed by atoms with Gasteiger partial charge in [-0.05, 0) is 12.5 Å². The van der Waals surface area contributed by atoms with E-state index in [4.69, 9.17) is 9.47 Å². The van der Waals surface area contributed by atoms with E-state index in [0.717, 1.165) is 12.8 Å². The molecule has 1 aromatic carbocycles. The highest BCUT2D eigenvalue weighted by molar-refractivity contribution is 5.71. The molecule has 0 aromatic heterocycles. The summed E-state index contributed by atoms with van der Waals surface area (Å²) in [7, 11) is 0. The normalized spacial score (nSPS) is 10.4. The van der Waals surface area contributed by atoms with Crippen molar-refractivity contribution in [2.45, 2.75) is 65.2 Å². The average molecular weight is 337 g/mol. The minimum absolute atomic E-state index is 0.0938. The van der Waals surface area contributed by atoms with Crippen molar-refractivity contribution in [2.75, 3.05) is 6.61 Å². The Morgan fingerprint density at radius 3 is 2.25 bits per heavy atom. The van der Waals surface area contributed by atoms with Gasteiger partial charge in [0, 0.05) is 13.0 Å². The van der Waals surface area contributed by atoms with Crippen molar-refractivity contribution in [3.63, 3.8) is 0 Å². The molecule has 0 saturated heterocycles. The molecule has 0 radical (unpaired) electrons. The fraction of sp³-hybridized carbons (Fsp3) is 0.611. The number of carbonyl (C=O) groups excluding carboxylic acids is 1. The number of nitro benzene ring substituents is 1. The first-order valence-electron chi connectivity index (χ1n) is 8.64. The van der Waals surface area contributed by atoms with Gasteiger partial charge in [0.25, 0.3) is 5.69 Å². The third kappa shape index (κ3) is 7.94. The molecule has 6 nitrogen and oxygen atoms in total. The van der Waals surface area contributed by atoms with E-state index in [1.807, 2.05) is 0 Å². The first kappa shape index (κ1) is 19.9. The van der Waals surface area contributed by atoms with Gasteiger partial charge in [-0.15, -0.1) is 0 Å². The van der Waals surface area contributed by atoms with Gasteiger partial charge in [-0.25, -0.2) is 0 Å². The molecule has 0 saturated carbocycles. The lowest BCUT2D eigenvalue weighted by Crippen LogP contribution is -2.05. The number of nitrogens with zero attached hydrogens (tertiary/aromatic N) is 1. The van der Waals surface area contributed by atoms with Crippen molar-refractivity contribution in [3.8, 4) is 11.5 Å². The molecule has 0 unspecified atom stereocenters. The summed E-state index contributed by atoms with van der Waals surface area (Å²) in [5.74, 6) is -0.0811. The second-order valence-corrected chi connectivity index (χ2v) is 5.81. The van der Waals surface area contributed by atoms with Crippen LogP contribution in [0.25, 0.3) is 0 Å². The standard InChI is InChI=1S/C18H27NO5/c1-3-4-5-6-7-8-9-10-13-23-17-12-11-16(19(21)22)14-18(17)24-15(2)20/h11-12,14H,3-10,13H2,1-2H3. The van der Waals surface area contributed by atoms with Gasteiger partial charge in [0.15, 0.2) is 11.5 Å². The van der Waals surface area contributed by atoms with Crippen molar-refractivity contribution in [1.29, 1.82) is 0 Å². The quantitative estimate of drug-likeness (QED) is 0.175. The van der Waals surface area contributed by atoms with Gasteiger partial charge >= 0.3 is 5.97 Å². The summed E-state index contributed by atoms with van der Waals surface area (Å²) in [5, 5.41) is 10.8. The van der Waals surface area contributed by atoms with E-state index in [1.165, 1.54) is 63.6 Å². The van der Waals surface area contributed by atoms with Gasteiger partial charge in [-0.2, -0.15) is 0 Å². The van der Waals surface area contributed by atoms with Crippen LogP contribution in [0.1, 0.15) is 65.2 Å². The molecule has 0 N–H and O–H groups in total. The van der Waals surface area contributed by atoms with Crippen LogP contribution in [-0.4, -0.2) is 17.5 Å². The molecule has 134 valence electrons. The Bertz CT molecular complexity index is 530. The Kier molecular flexibility index (Phi) is 9.49. The van der Waals surface area contributed by atoms with Crippen molar-refractivity contribution in [1.82, 2.24) is 0 Å². The summed E-state index contributed by atoms with van der Waals surface area (Å²) in [5.41, 5.74) is -0.134. The second kappa shape index (κ2) is 11.4. The molecule has 1 aromatic rings. The molecule has 24 heavy (non-hydrogen) atoms. The second-order valence-electron chi connectivity index (χ2n) is 5.81. The van der Waals surface area contributed by atoms with Gasteiger partial charge < -0.3 is 9.47 Å². The number of non-ortho nitro benzene ring substituents is 1. The van der Waals surface area contributed by atoms with Crippen molar-refractivity contribution in [2.24, 2.45) is 0 Å². The molecule has 0 aliphatic rings. The maximum atomic E-state index is 11.1. The lowest BCUT2D eigenvalue weighted by molar-refractivity contribution is -0.384. The van der Waals surface area contributed by atoms with Crippen LogP contribution in [0.5, 0.6) is 11.5 Å². The highest BCUT2D eigenvalue weighted by atomic mass is 16.6. The minimum atomic E-state index is -0.535. The van der Waals surface area contributed by atoms with E-state index >= 15 is 0 Å². The number of hydrogen-bond acceptors (Lipinski definition) is 5. The summed E-state index contributed by atoms with van der Waals surface area (Å²) >= 11 is 0.